The molecule has 0 radical (unpaired) electrons. The van der Waals surface area contributed by atoms with E-state index in [2.05, 4.69) is 152 Å². The molecule has 0 spiro atoms. The summed E-state index contributed by atoms with van der Waals surface area (Å²) in [6, 6.07) is 0.902. The second kappa shape index (κ2) is 17.3. The van der Waals surface area contributed by atoms with Crippen LogP contribution in [0.1, 0.15) is 165 Å². The summed E-state index contributed by atoms with van der Waals surface area (Å²) in [5.41, 5.74) is 38.5. The van der Waals surface area contributed by atoms with Gasteiger partial charge < -0.3 is 8.97 Å². The van der Waals surface area contributed by atoms with Gasteiger partial charge in [0.2, 0.25) is 0 Å². The molecule has 2 heterocycles. The van der Waals surface area contributed by atoms with Gasteiger partial charge in [-0.3, -0.25) is 0 Å². The van der Waals surface area contributed by atoms with Crippen LogP contribution in [0.25, 0.3) is 0 Å². The van der Waals surface area contributed by atoms with Crippen molar-refractivity contribution in [3.8, 4) is 0 Å². The normalized spacial score (nSPS) is 21.6. The number of benzene rings is 4. The molecule has 0 amide bonds. The second-order valence-electron chi connectivity index (χ2n) is 21.4. The molecule has 2 aliphatic rings. The van der Waals surface area contributed by atoms with Gasteiger partial charge in [0.05, 0.1) is 40.3 Å². The van der Waals surface area contributed by atoms with Crippen LogP contribution in [0.5, 0.6) is 0 Å². The Morgan fingerprint density at radius 3 is 1.07 bits per heavy atom. The molecule has 0 saturated carbocycles. The summed E-state index contributed by atoms with van der Waals surface area (Å²) in [4.78, 5) is 0. The molecule has 61 heavy (non-hydrogen) atoms. The SMILES string of the molecule is C/C(=C\CC[N+]1(C)CCc2c(C)c(C)c(C)c(C)c2C1Cc1c(C)c(C)c(C)c(C)c1C)CC[N+]1(C)CCc2c(C)c(C)c(C)c(C)c2C1Cc1c(C)c(C)c(C)c(C)c1C. The third-order valence-corrected chi connectivity index (χ3v) is 18.9. The standard InChI is InChI=1S/C59H86N2/c1-33(24-28-61(21)30-26-53-45(13)41(9)43(11)51(19)59(53)57(61)32-55-48(16)38(6)35(3)39(7)49(55)17)23-22-27-60(20)29-25-52-44(12)40(8)42(10)50(18)58(52)56(60)31-54-46(14)36(4)34(2)37(5)47(54)15/h23,56-57H,22,24-32H2,1-21H3/q+2/b33-23+. The lowest BCUT2D eigenvalue weighted by atomic mass is 9.77. The molecule has 0 aliphatic carbocycles. The van der Waals surface area contributed by atoms with Gasteiger partial charge in [-0.1, -0.05) is 11.6 Å². The fraction of sp³-hybridized carbons (Fsp3) is 0.559. The summed E-state index contributed by atoms with van der Waals surface area (Å²) in [6.45, 7) is 50.0. The van der Waals surface area contributed by atoms with E-state index >= 15 is 0 Å². The second-order valence-corrected chi connectivity index (χ2v) is 21.4. The maximum Gasteiger partial charge on any atom is 0.119 e. The van der Waals surface area contributed by atoms with Gasteiger partial charge in [-0.15, -0.1) is 0 Å². The van der Waals surface area contributed by atoms with Crippen molar-refractivity contribution in [2.75, 3.05) is 40.3 Å². The van der Waals surface area contributed by atoms with Crippen molar-refractivity contribution < 1.29 is 8.97 Å². The molecule has 0 bridgehead atoms. The highest BCUT2D eigenvalue weighted by Gasteiger charge is 2.43. The average molecular weight is 823 g/mol. The zero-order valence-electron chi connectivity index (χ0n) is 43.2. The molecule has 0 N–H and O–H groups in total. The molecule has 2 aliphatic heterocycles. The molecule has 0 saturated heterocycles. The smallest absolute Gasteiger partial charge is 0.119 e. The first kappa shape index (κ1) is 47.0. The minimum atomic E-state index is 0.451. The summed E-state index contributed by atoms with van der Waals surface area (Å²) in [5, 5.41) is 0. The van der Waals surface area contributed by atoms with E-state index in [-0.39, 0.29) is 0 Å². The molecular formula is C59H86N2+2. The predicted molar refractivity (Wildman–Crippen MR) is 266 cm³/mol. The van der Waals surface area contributed by atoms with Crippen molar-refractivity contribution in [3.05, 3.63) is 145 Å². The predicted octanol–water partition coefficient (Wildman–Crippen LogP) is 14.2. The van der Waals surface area contributed by atoms with Gasteiger partial charge >= 0.3 is 0 Å². The highest BCUT2D eigenvalue weighted by Crippen LogP contribution is 2.46. The Morgan fingerprint density at radius 1 is 0.410 bits per heavy atom. The number of fused-ring (bicyclic) bond motifs is 2. The van der Waals surface area contributed by atoms with Gasteiger partial charge in [-0.2, -0.15) is 0 Å². The van der Waals surface area contributed by atoms with Gasteiger partial charge in [-0.25, -0.2) is 0 Å². The van der Waals surface area contributed by atoms with E-state index in [0.717, 1.165) is 34.6 Å². The number of quaternary nitrogens is 2. The Hall–Kier alpha value is -3.46. The van der Waals surface area contributed by atoms with E-state index < -0.39 is 0 Å². The van der Waals surface area contributed by atoms with Crippen molar-refractivity contribution >= 4 is 0 Å². The third kappa shape index (κ3) is 7.94. The first-order valence-corrected chi connectivity index (χ1v) is 24.0. The van der Waals surface area contributed by atoms with Crippen LogP contribution in [0.2, 0.25) is 0 Å². The van der Waals surface area contributed by atoms with Crippen LogP contribution >= 0.6 is 0 Å². The van der Waals surface area contributed by atoms with Gasteiger partial charge in [0.15, 0.2) is 0 Å². The Balaban J connectivity index is 1.32. The lowest BCUT2D eigenvalue weighted by molar-refractivity contribution is -0.941. The molecule has 2 heteroatoms. The fourth-order valence-corrected chi connectivity index (χ4v) is 12.5. The molecule has 0 fully saturated rings. The van der Waals surface area contributed by atoms with Gasteiger partial charge in [-0.05, 0) is 254 Å². The summed E-state index contributed by atoms with van der Waals surface area (Å²) >= 11 is 0. The van der Waals surface area contributed by atoms with Crippen molar-refractivity contribution in [1.29, 1.82) is 0 Å². The first-order chi connectivity index (χ1) is 28.4. The zero-order chi connectivity index (χ0) is 45.4. The molecule has 6 rings (SSSR count). The molecule has 4 aromatic rings. The topological polar surface area (TPSA) is 0 Å². The highest BCUT2D eigenvalue weighted by molar-refractivity contribution is 5.56. The summed E-state index contributed by atoms with van der Waals surface area (Å²) in [5.74, 6) is 0. The van der Waals surface area contributed by atoms with Gasteiger partial charge in [0.25, 0.3) is 0 Å². The molecule has 330 valence electrons. The number of likely N-dealkylation sites (N-methyl/N-ethyl adjacent to an activating group) is 2. The Labute approximate surface area is 375 Å². The summed E-state index contributed by atoms with van der Waals surface area (Å²) < 4.78 is 2.23. The van der Waals surface area contributed by atoms with Crippen LogP contribution in [0.15, 0.2) is 11.6 Å². The van der Waals surface area contributed by atoms with Crippen LogP contribution in [0.3, 0.4) is 0 Å². The minimum Gasteiger partial charge on any atom is -0.319 e. The molecule has 4 atom stereocenters. The van der Waals surface area contributed by atoms with Crippen molar-refractivity contribution in [1.82, 2.24) is 0 Å². The van der Waals surface area contributed by atoms with E-state index in [1.807, 2.05) is 0 Å². The maximum atomic E-state index is 2.65. The van der Waals surface area contributed by atoms with Crippen molar-refractivity contribution in [2.45, 2.75) is 182 Å². The van der Waals surface area contributed by atoms with Gasteiger partial charge in [0.1, 0.15) is 12.1 Å². The largest absolute Gasteiger partial charge is 0.319 e. The van der Waals surface area contributed by atoms with Crippen LogP contribution < -0.4 is 0 Å². The number of hydrogen-bond donors (Lipinski definition) is 0. The minimum absolute atomic E-state index is 0.451. The van der Waals surface area contributed by atoms with E-state index in [0.29, 0.717) is 12.1 Å². The Bertz CT molecular complexity index is 2390. The fourth-order valence-electron chi connectivity index (χ4n) is 12.5. The van der Waals surface area contributed by atoms with E-state index in [9.17, 15) is 0 Å². The number of hydrogen-bond acceptors (Lipinski definition) is 0. The van der Waals surface area contributed by atoms with Crippen molar-refractivity contribution in [2.24, 2.45) is 0 Å². The van der Waals surface area contributed by atoms with Crippen molar-refractivity contribution in [3.63, 3.8) is 0 Å². The quantitative estimate of drug-likeness (QED) is 0.110. The maximum absolute atomic E-state index is 2.65. The van der Waals surface area contributed by atoms with Gasteiger partial charge in [0, 0.05) is 49.7 Å². The van der Waals surface area contributed by atoms with Crippen LogP contribution in [0.4, 0.5) is 0 Å². The molecule has 4 unspecified atom stereocenters. The van der Waals surface area contributed by atoms with Crippen LogP contribution in [0, 0.1) is 125 Å². The lowest BCUT2D eigenvalue weighted by Gasteiger charge is -2.48. The Kier molecular flexibility index (Phi) is 13.3. The zero-order valence-corrected chi connectivity index (χ0v) is 43.2. The number of rotatable bonds is 10. The number of nitrogens with zero attached hydrogens (tertiary/aromatic N) is 2. The summed E-state index contributed by atoms with van der Waals surface area (Å²) in [6.07, 6.45) is 9.52. The highest BCUT2D eigenvalue weighted by atomic mass is 15.4. The molecule has 2 nitrogen and oxygen atoms in total. The van der Waals surface area contributed by atoms with Crippen LogP contribution in [-0.2, 0) is 25.7 Å². The average Bonchev–Trinajstić information content (AvgIpc) is 3.23. The molecule has 0 aromatic heterocycles. The van der Waals surface area contributed by atoms with Crippen LogP contribution in [-0.4, -0.2) is 49.2 Å². The van der Waals surface area contributed by atoms with E-state index in [4.69, 9.17) is 0 Å². The van der Waals surface area contributed by atoms with E-state index in [1.165, 1.54) is 117 Å². The molecule has 4 aromatic carbocycles. The van der Waals surface area contributed by atoms with E-state index in [1.54, 1.807) is 61.2 Å². The monoisotopic (exact) mass is 823 g/mol. The Morgan fingerprint density at radius 2 is 0.705 bits per heavy atom. The summed E-state index contributed by atoms with van der Waals surface area (Å²) in [7, 11) is 5.21. The third-order valence-electron chi connectivity index (χ3n) is 18.9. The lowest BCUT2D eigenvalue weighted by Crippen LogP contribution is -2.53. The molecular weight excluding hydrogens is 737 g/mol. The first-order valence-electron chi connectivity index (χ1n) is 24.0.